The first-order valence-corrected chi connectivity index (χ1v) is 12.1. The summed E-state index contributed by atoms with van der Waals surface area (Å²) in [5, 5.41) is 0. The molecule has 1 saturated heterocycles. The topological polar surface area (TPSA) is 36.4 Å². The van der Waals surface area contributed by atoms with Crippen molar-refractivity contribution in [2.75, 3.05) is 26.2 Å². The molecule has 0 saturated carbocycles. The summed E-state index contributed by atoms with van der Waals surface area (Å²) in [7, 11) is 0. The van der Waals surface area contributed by atoms with Gasteiger partial charge in [-0.15, -0.1) is 0 Å². The largest absolute Gasteiger partial charge is 0.338 e. The molecule has 0 bridgehead atoms. The van der Waals surface area contributed by atoms with Crippen LogP contribution in [0.25, 0.3) is 0 Å². The number of hydrogen-bond donors (Lipinski definition) is 0. The van der Waals surface area contributed by atoms with Gasteiger partial charge in [0.1, 0.15) is 5.82 Å². The molecule has 2 atom stereocenters. The van der Waals surface area contributed by atoms with Crippen molar-refractivity contribution < 1.29 is 9.18 Å². The van der Waals surface area contributed by atoms with E-state index in [4.69, 9.17) is 0 Å². The van der Waals surface area contributed by atoms with Crippen LogP contribution in [-0.4, -0.2) is 46.9 Å². The number of carbonyl (C=O) groups excluding carboxylic acids is 1. The van der Waals surface area contributed by atoms with E-state index < -0.39 is 5.82 Å². The number of halogens is 1. The second-order valence-corrected chi connectivity index (χ2v) is 9.83. The fraction of sp³-hybridized carbons (Fsp3) is 0.379. The molecule has 0 spiro atoms. The van der Waals surface area contributed by atoms with Crippen molar-refractivity contribution in [2.24, 2.45) is 11.8 Å². The molecule has 4 nitrogen and oxygen atoms in total. The van der Waals surface area contributed by atoms with E-state index in [9.17, 15) is 9.18 Å². The van der Waals surface area contributed by atoms with E-state index >= 15 is 0 Å². The maximum atomic E-state index is 14.5. The zero-order chi connectivity index (χ0) is 24.1. The highest BCUT2D eigenvalue weighted by molar-refractivity contribution is 5.94. The minimum atomic E-state index is -0.459. The zero-order valence-corrected chi connectivity index (χ0v) is 20.3. The van der Waals surface area contributed by atoms with Crippen molar-refractivity contribution in [3.63, 3.8) is 0 Å². The van der Waals surface area contributed by atoms with Gasteiger partial charge in [-0.05, 0) is 48.6 Å². The van der Waals surface area contributed by atoms with Crippen LogP contribution in [0.1, 0.15) is 47.1 Å². The summed E-state index contributed by atoms with van der Waals surface area (Å²) < 4.78 is 14.5. The highest BCUT2D eigenvalue weighted by Gasteiger charge is 2.36. The SMILES string of the molecule is Cc1cccc(CN2CC(CN(CC(C)C)C(=O)c3ccccc3F)C(c3ccccc3)C2)n1. The normalized spacial score (nSPS) is 18.4. The summed E-state index contributed by atoms with van der Waals surface area (Å²) in [5.41, 5.74) is 3.52. The van der Waals surface area contributed by atoms with Gasteiger partial charge in [-0.2, -0.15) is 0 Å². The van der Waals surface area contributed by atoms with Gasteiger partial charge in [0.15, 0.2) is 0 Å². The van der Waals surface area contributed by atoms with Gasteiger partial charge in [0.05, 0.1) is 11.3 Å². The second kappa shape index (κ2) is 10.9. The zero-order valence-electron chi connectivity index (χ0n) is 20.3. The van der Waals surface area contributed by atoms with Crippen LogP contribution in [0.3, 0.4) is 0 Å². The fourth-order valence-electron chi connectivity index (χ4n) is 5.04. The van der Waals surface area contributed by atoms with Crippen LogP contribution in [0, 0.1) is 24.6 Å². The lowest BCUT2D eigenvalue weighted by atomic mass is 9.88. The van der Waals surface area contributed by atoms with Gasteiger partial charge < -0.3 is 4.90 Å². The first-order valence-electron chi connectivity index (χ1n) is 12.1. The Kier molecular flexibility index (Phi) is 7.73. The lowest BCUT2D eigenvalue weighted by Gasteiger charge is -2.30. The van der Waals surface area contributed by atoms with E-state index in [-0.39, 0.29) is 17.4 Å². The van der Waals surface area contributed by atoms with Crippen molar-refractivity contribution in [1.82, 2.24) is 14.8 Å². The van der Waals surface area contributed by atoms with Crippen LogP contribution in [0.5, 0.6) is 0 Å². The number of rotatable bonds is 8. The molecule has 178 valence electrons. The number of carbonyl (C=O) groups is 1. The summed E-state index contributed by atoms with van der Waals surface area (Å²) >= 11 is 0. The lowest BCUT2D eigenvalue weighted by molar-refractivity contribution is 0.0698. The van der Waals surface area contributed by atoms with Crippen LogP contribution >= 0.6 is 0 Å². The highest BCUT2D eigenvalue weighted by atomic mass is 19.1. The number of amides is 1. The minimum Gasteiger partial charge on any atom is -0.338 e. The summed E-state index contributed by atoms with van der Waals surface area (Å²) in [6, 6.07) is 23.0. The van der Waals surface area contributed by atoms with E-state index in [1.54, 1.807) is 18.2 Å². The number of benzene rings is 2. The molecule has 1 amide bonds. The number of aromatic nitrogens is 1. The molecule has 1 aromatic heterocycles. The Labute approximate surface area is 202 Å². The first kappa shape index (κ1) is 24.1. The number of nitrogens with zero attached hydrogens (tertiary/aromatic N) is 3. The average molecular weight is 460 g/mol. The Hall–Kier alpha value is -3.05. The Morgan fingerprint density at radius 1 is 1.03 bits per heavy atom. The Morgan fingerprint density at radius 2 is 1.76 bits per heavy atom. The van der Waals surface area contributed by atoms with Gasteiger partial charge in [-0.25, -0.2) is 4.39 Å². The van der Waals surface area contributed by atoms with Gasteiger partial charge >= 0.3 is 0 Å². The Morgan fingerprint density at radius 3 is 2.47 bits per heavy atom. The predicted octanol–water partition coefficient (Wildman–Crippen LogP) is 5.54. The average Bonchev–Trinajstić information content (AvgIpc) is 3.21. The molecular formula is C29H34FN3O. The molecule has 2 aromatic carbocycles. The summed E-state index contributed by atoms with van der Waals surface area (Å²) in [4.78, 5) is 22.4. The minimum absolute atomic E-state index is 0.151. The molecule has 1 fully saturated rings. The van der Waals surface area contributed by atoms with Gasteiger partial charge in [0.25, 0.3) is 5.91 Å². The third-order valence-electron chi connectivity index (χ3n) is 6.51. The van der Waals surface area contributed by atoms with E-state index in [1.165, 1.54) is 11.6 Å². The van der Waals surface area contributed by atoms with Crippen LogP contribution in [0.4, 0.5) is 4.39 Å². The van der Waals surface area contributed by atoms with E-state index in [1.807, 2.05) is 24.0 Å². The fourth-order valence-corrected chi connectivity index (χ4v) is 5.04. The van der Waals surface area contributed by atoms with Gasteiger partial charge in [0.2, 0.25) is 0 Å². The maximum absolute atomic E-state index is 14.5. The van der Waals surface area contributed by atoms with Gasteiger partial charge in [-0.3, -0.25) is 14.7 Å². The molecule has 5 heteroatoms. The molecule has 0 radical (unpaired) electrons. The summed E-state index contributed by atoms with van der Waals surface area (Å²) in [6.07, 6.45) is 0. The van der Waals surface area contributed by atoms with Crippen LogP contribution in [0.2, 0.25) is 0 Å². The van der Waals surface area contributed by atoms with Crippen molar-refractivity contribution in [2.45, 2.75) is 33.2 Å². The van der Waals surface area contributed by atoms with Crippen molar-refractivity contribution in [1.29, 1.82) is 0 Å². The van der Waals surface area contributed by atoms with Crippen LogP contribution < -0.4 is 0 Å². The van der Waals surface area contributed by atoms with Gasteiger partial charge in [-0.1, -0.05) is 62.4 Å². The third kappa shape index (κ3) is 5.89. The van der Waals surface area contributed by atoms with Crippen LogP contribution in [0.15, 0.2) is 72.8 Å². The van der Waals surface area contributed by atoms with Crippen molar-refractivity contribution in [3.05, 3.63) is 101 Å². The predicted molar refractivity (Wildman–Crippen MR) is 134 cm³/mol. The highest BCUT2D eigenvalue weighted by Crippen LogP contribution is 2.34. The smallest absolute Gasteiger partial charge is 0.256 e. The van der Waals surface area contributed by atoms with Gasteiger partial charge in [0, 0.05) is 44.3 Å². The third-order valence-corrected chi connectivity index (χ3v) is 6.51. The lowest BCUT2D eigenvalue weighted by Crippen LogP contribution is -2.40. The number of hydrogen-bond acceptors (Lipinski definition) is 3. The monoisotopic (exact) mass is 459 g/mol. The molecule has 0 aliphatic carbocycles. The van der Waals surface area contributed by atoms with E-state index in [0.717, 1.165) is 31.0 Å². The maximum Gasteiger partial charge on any atom is 0.256 e. The summed E-state index contributed by atoms with van der Waals surface area (Å²) in [5.74, 6) is 0.160. The first-order chi connectivity index (χ1) is 16.4. The Balaban J connectivity index is 1.58. The molecule has 3 aromatic rings. The standard InChI is InChI=1S/C29H34FN3O/c1-21(2)16-33(29(34)26-14-7-8-15-28(26)30)18-24-17-32(19-25-13-9-10-22(3)31-25)20-27(24)23-11-5-4-6-12-23/h4-15,21,24,27H,16-20H2,1-3H3. The molecule has 0 N–H and O–H groups in total. The molecule has 2 heterocycles. The molecule has 1 aliphatic heterocycles. The van der Waals surface area contributed by atoms with E-state index in [0.29, 0.717) is 24.9 Å². The molecule has 1 aliphatic rings. The summed E-state index contributed by atoms with van der Waals surface area (Å²) in [6.45, 7) is 9.98. The molecule has 2 unspecified atom stereocenters. The molecular weight excluding hydrogens is 425 g/mol. The van der Waals surface area contributed by atoms with Crippen molar-refractivity contribution in [3.8, 4) is 0 Å². The van der Waals surface area contributed by atoms with E-state index in [2.05, 4.69) is 60.1 Å². The molecule has 4 rings (SSSR count). The second-order valence-electron chi connectivity index (χ2n) is 9.83. The van der Waals surface area contributed by atoms with Crippen molar-refractivity contribution >= 4 is 5.91 Å². The quantitative estimate of drug-likeness (QED) is 0.444. The number of likely N-dealkylation sites (tertiary alicyclic amines) is 1. The number of aryl methyl sites for hydroxylation is 1. The Bertz CT molecular complexity index is 1100. The molecule has 34 heavy (non-hydrogen) atoms. The van der Waals surface area contributed by atoms with Crippen LogP contribution in [-0.2, 0) is 6.54 Å². The number of pyridine rings is 1.